The van der Waals surface area contributed by atoms with Crippen LogP contribution in [0.25, 0.3) is 21.9 Å². The zero-order valence-corrected chi connectivity index (χ0v) is 22.6. The summed E-state index contributed by atoms with van der Waals surface area (Å²) in [5.41, 5.74) is 4.52. The monoisotopic (exact) mass is 593 g/mol. The summed E-state index contributed by atoms with van der Waals surface area (Å²) in [5, 5.41) is 29.1. The Hall–Kier alpha value is -3.94. The molecule has 8 heteroatoms. The topological polar surface area (TPSA) is 164 Å². The van der Waals surface area contributed by atoms with Crippen LogP contribution >= 0.6 is 0 Å². The standard InChI is InChI=1S/C18H12N2.C12H12N2O.2H3N.Rh/c19-17-15-8-4-3-7-13(15)14-10-9-11-5-1-2-6-12(11)16(14)18(17)20;1-12(15,10-6-2-4-8-13-10)11-7-3-5-9-14-11;;;/h1-10,19-20H;2-9,15H,1H3;2*1H3;/q;;;;+3. The van der Waals surface area contributed by atoms with Crippen molar-refractivity contribution in [1.82, 2.24) is 22.3 Å². The van der Waals surface area contributed by atoms with Crippen LogP contribution in [0.2, 0.25) is 0 Å². The molecule has 2 heterocycles. The van der Waals surface area contributed by atoms with E-state index in [-0.39, 0.29) is 31.8 Å². The van der Waals surface area contributed by atoms with Crippen LogP contribution in [-0.4, -0.2) is 26.5 Å². The Balaban J connectivity index is 0.000000257. The van der Waals surface area contributed by atoms with Gasteiger partial charge >= 0.3 is 19.5 Å². The third kappa shape index (κ3) is 5.49. The van der Waals surface area contributed by atoms with Crippen molar-refractivity contribution < 1.29 is 24.6 Å². The van der Waals surface area contributed by atoms with Crippen LogP contribution in [0.4, 0.5) is 0 Å². The molecule has 0 fully saturated rings. The van der Waals surface area contributed by atoms with Crippen molar-refractivity contribution in [3.8, 4) is 11.1 Å². The normalized spacial score (nSPS) is 11.4. The molecule has 3 aromatic carbocycles. The van der Waals surface area contributed by atoms with E-state index in [0.717, 1.165) is 33.0 Å². The van der Waals surface area contributed by atoms with Crippen molar-refractivity contribution in [3.05, 3.63) is 132 Å². The molecule has 1 aliphatic carbocycles. The average molecular weight is 594 g/mol. The fourth-order valence-electron chi connectivity index (χ4n) is 4.39. The maximum Gasteiger partial charge on any atom is 3.00 e. The van der Waals surface area contributed by atoms with Gasteiger partial charge in [-0.2, -0.15) is 0 Å². The maximum absolute atomic E-state index is 10.3. The second-order valence-electron chi connectivity index (χ2n) is 8.51. The molecule has 0 aliphatic heterocycles. The molecule has 0 saturated heterocycles. The smallest absolute Gasteiger partial charge is 0.377 e. The predicted octanol–water partition coefficient (Wildman–Crippen LogP) is 6.31. The summed E-state index contributed by atoms with van der Waals surface area (Å²) in [5.74, 6) is 0. The molecule has 0 atom stereocenters. The second kappa shape index (κ2) is 12.5. The number of fused-ring (bicyclic) bond motifs is 5. The summed E-state index contributed by atoms with van der Waals surface area (Å²) in [6.07, 6.45) is 3.32. The number of rotatable bonds is 2. The molecular weight excluding hydrogens is 563 g/mol. The third-order valence-electron chi connectivity index (χ3n) is 6.24. The van der Waals surface area contributed by atoms with Gasteiger partial charge in [0, 0.05) is 23.5 Å². The first-order valence-corrected chi connectivity index (χ1v) is 11.3. The number of hydrogen-bond acceptors (Lipinski definition) is 7. The fraction of sp³-hybridized carbons (Fsp3) is 0.0667. The van der Waals surface area contributed by atoms with Gasteiger partial charge in [-0.3, -0.25) is 20.8 Å². The van der Waals surface area contributed by atoms with Crippen LogP contribution in [-0.2, 0) is 25.1 Å². The van der Waals surface area contributed by atoms with E-state index in [2.05, 4.69) is 22.1 Å². The van der Waals surface area contributed by atoms with Gasteiger partial charge in [0.2, 0.25) is 0 Å². The first-order valence-electron chi connectivity index (χ1n) is 11.3. The summed E-state index contributed by atoms with van der Waals surface area (Å²) in [6, 6.07) is 31.0. The zero-order chi connectivity index (χ0) is 24.4. The van der Waals surface area contributed by atoms with Crippen LogP contribution in [0.5, 0.6) is 0 Å². The van der Waals surface area contributed by atoms with Crippen molar-refractivity contribution in [3.63, 3.8) is 0 Å². The predicted molar refractivity (Wildman–Crippen MR) is 150 cm³/mol. The van der Waals surface area contributed by atoms with E-state index in [0.29, 0.717) is 22.8 Å². The molecule has 0 spiro atoms. The van der Waals surface area contributed by atoms with Crippen molar-refractivity contribution in [2.45, 2.75) is 12.5 Å². The van der Waals surface area contributed by atoms with Gasteiger partial charge in [-0.25, -0.2) is 0 Å². The van der Waals surface area contributed by atoms with Crippen LogP contribution in [0.3, 0.4) is 0 Å². The van der Waals surface area contributed by atoms with Crippen molar-refractivity contribution in [2.24, 2.45) is 0 Å². The summed E-state index contributed by atoms with van der Waals surface area (Å²) in [7, 11) is 0. The fourth-order valence-corrected chi connectivity index (χ4v) is 4.39. The molecule has 38 heavy (non-hydrogen) atoms. The molecule has 2 aromatic heterocycles. The van der Waals surface area contributed by atoms with Gasteiger partial charge in [0.25, 0.3) is 0 Å². The molecule has 7 nitrogen and oxygen atoms in total. The summed E-state index contributed by atoms with van der Waals surface area (Å²) < 4.78 is 0. The molecular formula is C30H30N6ORh+3. The third-order valence-corrected chi connectivity index (χ3v) is 6.24. The number of nitrogens with one attached hydrogen (secondary N) is 2. The first-order chi connectivity index (χ1) is 17.0. The van der Waals surface area contributed by atoms with Gasteiger partial charge in [0.15, 0.2) is 0 Å². The first kappa shape index (κ1) is 30.3. The SMILES string of the molecule is CC(O)(c1ccccn1)c1ccccn1.N.N.N=C1C(=N)c2c(ccc3ccccc23)-c2ccccc21.[Rh+3]. The summed E-state index contributed by atoms with van der Waals surface area (Å²) in [6.45, 7) is 1.69. The second-order valence-corrected chi connectivity index (χ2v) is 8.51. The number of pyridine rings is 2. The number of aliphatic hydroxyl groups is 1. The van der Waals surface area contributed by atoms with Gasteiger partial charge in [-0.15, -0.1) is 0 Å². The van der Waals surface area contributed by atoms with Gasteiger partial charge in [0.05, 0.1) is 22.8 Å². The molecule has 0 bridgehead atoms. The number of benzene rings is 3. The number of hydrogen-bond donors (Lipinski definition) is 5. The molecule has 0 saturated carbocycles. The van der Waals surface area contributed by atoms with Crippen LogP contribution in [0.15, 0.2) is 109 Å². The molecule has 0 amide bonds. The van der Waals surface area contributed by atoms with Crippen LogP contribution in [0.1, 0.15) is 29.4 Å². The Kier molecular flexibility index (Phi) is 10.00. The maximum atomic E-state index is 10.3. The van der Waals surface area contributed by atoms with Crippen molar-refractivity contribution >= 4 is 22.2 Å². The summed E-state index contributed by atoms with van der Waals surface area (Å²) >= 11 is 0. The van der Waals surface area contributed by atoms with E-state index in [1.165, 1.54) is 0 Å². The average Bonchev–Trinajstić information content (AvgIpc) is 2.92. The van der Waals surface area contributed by atoms with Gasteiger partial charge in [0.1, 0.15) is 5.60 Å². The van der Waals surface area contributed by atoms with Crippen molar-refractivity contribution in [1.29, 1.82) is 10.8 Å². The minimum atomic E-state index is -1.14. The van der Waals surface area contributed by atoms with E-state index in [1.54, 1.807) is 31.5 Å². The van der Waals surface area contributed by atoms with Crippen LogP contribution in [0, 0.1) is 10.8 Å². The van der Waals surface area contributed by atoms with Crippen LogP contribution < -0.4 is 12.3 Å². The quantitative estimate of drug-likeness (QED) is 0.151. The van der Waals surface area contributed by atoms with Crippen molar-refractivity contribution in [2.75, 3.05) is 0 Å². The van der Waals surface area contributed by atoms with E-state index in [9.17, 15) is 5.11 Å². The molecule has 192 valence electrons. The van der Waals surface area contributed by atoms with Gasteiger partial charge < -0.3 is 17.4 Å². The molecule has 0 unspecified atom stereocenters. The van der Waals surface area contributed by atoms with Gasteiger partial charge in [-0.05, 0) is 53.1 Å². The molecule has 6 rings (SSSR count). The Bertz CT molecular complexity index is 1510. The van der Waals surface area contributed by atoms with E-state index < -0.39 is 5.60 Å². The minimum Gasteiger partial charge on any atom is -0.377 e. The summed E-state index contributed by atoms with van der Waals surface area (Å²) in [4.78, 5) is 8.27. The Morgan fingerprint density at radius 2 is 1.13 bits per heavy atom. The molecule has 1 aliphatic rings. The Labute approximate surface area is 235 Å². The number of aromatic nitrogens is 2. The number of nitrogens with zero attached hydrogens (tertiary/aromatic N) is 2. The zero-order valence-electron chi connectivity index (χ0n) is 21.0. The van der Waals surface area contributed by atoms with E-state index >= 15 is 0 Å². The molecule has 9 N–H and O–H groups in total. The Morgan fingerprint density at radius 1 is 0.605 bits per heavy atom. The van der Waals surface area contributed by atoms with E-state index in [4.69, 9.17) is 10.8 Å². The molecule has 0 radical (unpaired) electrons. The minimum absolute atomic E-state index is 0. The Morgan fingerprint density at radius 3 is 1.71 bits per heavy atom. The molecule has 5 aromatic rings. The van der Waals surface area contributed by atoms with Gasteiger partial charge in [-0.1, -0.05) is 72.8 Å². The van der Waals surface area contributed by atoms with E-state index in [1.807, 2.05) is 72.8 Å². The largest absolute Gasteiger partial charge is 3.00 e.